The van der Waals surface area contributed by atoms with Gasteiger partial charge in [0.2, 0.25) is 0 Å². The summed E-state index contributed by atoms with van der Waals surface area (Å²) in [6.45, 7) is 1.04. The number of nitrogens with zero attached hydrogens (tertiary/aromatic N) is 1. The first-order valence-corrected chi connectivity index (χ1v) is 6.84. The Bertz CT molecular complexity index is 520. The minimum absolute atomic E-state index is 0.0339. The maximum atomic E-state index is 12.4. The lowest BCUT2D eigenvalue weighted by Crippen LogP contribution is -2.29. The topological polar surface area (TPSA) is 46.1 Å². The van der Waals surface area contributed by atoms with E-state index in [0.29, 0.717) is 6.54 Å². The molecule has 116 valence electrons. The molecule has 1 aromatic heterocycles. The van der Waals surface area contributed by atoms with Gasteiger partial charge in [-0.25, -0.2) is 0 Å². The van der Waals surface area contributed by atoms with Gasteiger partial charge in [-0.2, -0.15) is 13.2 Å². The quantitative estimate of drug-likeness (QED) is 0.818. The third kappa shape index (κ3) is 4.93. The van der Waals surface area contributed by atoms with Crippen LogP contribution in [0.2, 0.25) is 0 Å². The van der Waals surface area contributed by atoms with E-state index in [1.54, 1.807) is 0 Å². The van der Waals surface area contributed by atoms with Gasteiger partial charge in [0, 0.05) is 19.3 Å². The molecule has 0 spiro atoms. The zero-order valence-electron chi connectivity index (χ0n) is 11.5. The van der Waals surface area contributed by atoms with Crippen LogP contribution >= 0.6 is 0 Å². The first kappa shape index (κ1) is 15.6. The van der Waals surface area contributed by atoms with Gasteiger partial charge in [-0.05, 0) is 31.5 Å². The maximum absolute atomic E-state index is 12.4. The standard InChI is InChI=1S/C14H18F3N3O/c15-14(16,17)10-20-9-1-2-12(20)13(21)19-8-5-11-3-6-18-7-4-11/h1-3,9,18H,4-8,10H2,(H,19,21). The van der Waals surface area contributed by atoms with Crippen molar-refractivity contribution in [3.8, 4) is 0 Å². The van der Waals surface area contributed by atoms with Crippen molar-refractivity contribution in [2.45, 2.75) is 25.6 Å². The van der Waals surface area contributed by atoms with Gasteiger partial charge in [-0.15, -0.1) is 0 Å². The van der Waals surface area contributed by atoms with Gasteiger partial charge in [0.1, 0.15) is 12.2 Å². The predicted molar refractivity (Wildman–Crippen MR) is 73.0 cm³/mol. The number of hydrogen-bond acceptors (Lipinski definition) is 2. The second kappa shape index (κ2) is 6.80. The fraction of sp³-hybridized carbons (Fsp3) is 0.500. The van der Waals surface area contributed by atoms with Crippen LogP contribution in [0.3, 0.4) is 0 Å². The molecular formula is C14H18F3N3O. The van der Waals surface area contributed by atoms with Crippen molar-refractivity contribution in [1.82, 2.24) is 15.2 Å². The minimum Gasteiger partial charge on any atom is -0.350 e. The molecule has 1 amide bonds. The van der Waals surface area contributed by atoms with E-state index < -0.39 is 18.6 Å². The smallest absolute Gasteiger partial charge is 0.350 e. The lowest BCUT2D eigenvalue weighted by atomic mass is 10.1. The molecule has 0 atom stereocenters. The molecule has 2 N–H and O–H groups in total. The molecule has 0 bridgehead atoms. The molecule has 0 saturated carbocycles. The summed E-state index contributed by atoms with van der Waals surface area (Å²) in [7, 11) is 0. The normalized spacial score (nSPS) is 15.7. The van der Waals surface area contributed by atoms with Crippen LogP contribution < -0.4 is 10.6 Å². The van der Waals surface area contributed by atoms with E-state index in [9.17, 15) is 18.0 Å². The summed E-state index contributed by atoms with van der Waals surface area (Å²) < 4.78 is 38.1. The van der Waals surface area contributed by atoms with Gasteiger partial charge < -0.3 is 15.2 Å². The summed E-state index contributed by atoms with van der Waals surface area (Å²) in [5.41, 5.74) is 1.30. The van der Waals surface area contributed by atoms with Crippen LogP contribution in [0.25, 0.3) is 0 Å². The molecule has 1 aromatic rings. The maximum Gasteiger partial charge on any atom is 0.406 e. The van der Waals surface area contributed by atoms with E-state index >= 15 is 0 Å². The monoisotopic (exact) mass is 301 g/mol. The van der Waals surface area contributed by atoms with Crippen LogP contribution in [-0.2, 0) is 6.54 Å². The van der Waals surface area contributed by atoms with Crippen LogP contribution in [0.15, 0.2) is 30.0 Å². The van der Waals surface area contributed by atoms with Crippen LogP contribution in [0.4, 0.5) is 13.2 Å². The summed E-state index contributed by atoms with van der Waals surface area (Å²) in [5.74, 6) is -0.473. The molecule has 2 heterocycles. The van der Waals surface area contributed by atoms with Crippen molar-refractivity contribution in [2.75, 3.05) is 19.6 Å². The summed E-state index contributed by atoms with van der Waals surface area (Å²) in [6, 6.07) is 2.83. The third-order valence-corrected chi connectivity index (χ3v) is 3.30. The van der Waals surface area contributed by atoms with E-state index in [2.05, 4.69) is 16.7 Å². The van der Waals surface area contributed by atoms with E-state index in [1.807, 2.05) is 0 Å². The van der Waals surface area contributed by atoms with Crippen LogP contribution in [0.1, 0.15) is 23.3 Å². The first-order chi connectivity index (χ1) is 9.96. The Labute approximate surface area is 121 Å². The van der Waals surface area contributed by atoms with Gasteiger partial charge >= 0.3 is 6.18 Å². The second-order valence-corrected chi connectivity index (χ2v) is 4.96. The average Bonchev–Trinajstić information content (AvgIpc) is 2.86. The summed E-state index contributed by atoms with van der Waals surface area (Å²) in [5, 5.41) is 5.86. The minimum atomic E-state index is -4.34. The number of nitrogens with one attached hydrogen (secondary N) is 2. The molecule has 21 heavy (non-hydrogen) atoms. The van der Waals surface area contributed by atoms with Crippen molar-refractivity contribution in [2.24, 2.45) is 0 Å². The SMILES string of the molecule is O=C(NCCC1=CCNCC1)c1cccn1CC(F)(F)F. The Hall–Kier alpha value is -1.76. The van der Waals surface area contributed by atoms with Gasteiger partial charge in [0.25, 0.3) is 5.91 Å². The highest BCUT2D eigenvalue weighted by atomic mass is 19.4. The molecule has 2 rings (SSSR count). The van der Waals surface area contributed by atoms with Crippen LogP contribution in [-0.4, -0.2) is 36.3 Å². The predicted octanol–water partition coefficient (Wildman–Crippen LogP) is 2.09. The van der Waals surface area contributed by atoms with Crippen molar-refractivity contribution >= 4 is 5.91 Å². The molecule has 1 aliphatic heterocycles. The molecule has 0 aromatic carbocycles. The van der Waals surface area contributed by atoms with Crippen molar-refractivity contribution < 1.29 is 18.0 Å². The van der Waals surface area contributed by atoms with Crippen LogP contribution in [0.5, 0.6) is 0 Å². The molecule has 0 aliphatic carbocycles. The number of carbonyl (C=O) groups is 1. The summed E-state index contributed by atoms with van der Waals surface area (Å²) in [6.07, 6.45) is 0.682. The van der Waals surface area contributed by atoms with Gasteiger partial charge in [-0.3, -0.25) is 4.79 Å². The second-order valence-electron chi connectivity index (χ2n) is 4.96. The lowest BCUT2D eigenvalue weighted by Gasteiger charge is -2.15. The Morgan fingerprint density at radius 3 is 2.90 bits per heavy atom. The van der Waals surface area contributed by atoms with Crippen molar-refractivity contribution in [3.05, 3.63) is 35.7 Å². The van der Waals surface area contributed by atoms with E-state index in [-0.39, 0.29) is 5.69 Å². The van der Waals surface area contributed by atoms with Crippen molar-refractivity contribution in [3.63, 3.8) is 0 Å². The molecule has 7 heteroatoms. The number of alkyl halides is 3. The van der Waals surface area contributed by atoms with Gasteiger partial charge in [0.05, 0.1) is 0 Å². The molecule has 0 fully saturated rings. The number of carbonyl (C=O) groups excluding carboxylic acids is 1. The lowest BCUT2D eigenvalue weighted by molar-refractivity contribution is -0.140. The number of halogens is 3. The molecule has 0 radical (unpaired) electrons. The number of hydrogen-bond donors (Lipinski definition) is 2. The molecular weight excluding hydrogens is 283 g/mol. The Balaban J connectivity index is 1.86. The highest BCUT2D eigenvalue weighted by Gasteiger charge is 2.29. The van der Waals surface area contributed by atoms with E-state index in [1.165, 1.54) is 23.9 Å². The molecule has 1 aliphatic rings. The Morgan fingerprint density at radius 1 is 1.43 bits per heavy atom. The summed E-state index contributed by atoms with van der Waals surface area (Å²) >= 11 is 0. The van der Waals surface area contributed by atoms with Gasteiger partial charge in [-0.1, -0.05) is 11.6 Å². The van der Waals surface area contributed by atoms with E-state index in [4.69, 9.17) is 0 Å². The van der Waals surface area contributed by atoms with Crippen molar-refractivity contribution in [1.29, 1.82) is 0 Å². The molecule has 4 nitrogen and oxygen atoms in total. The Morgan fingerprint density at radius 2 is 2.24 bits per heavy atom. The fourth-order valence-corrected chi connectivity index (χ4v) is 2.28. The molecule has 0 unspecified atom stereocenters. The van der Waals surface area contributed by atoms with Crippen LogP contribution in [0, 0.1) is 0 Å². The zero-order valence-corrected chi connectivity index (χ0v) is 11.5. The number of amides is 1. The average molecular weight is 301 g/mol. The Kier molecular flexibility index (Phi) is 5.06. The number of aromatic nitrogens is 1. The zero-order chi connectivity index (χ0) is 15.3. The third-order valence-electron chi connectivity index (χ3n) is 3.30. The largest absolute Gasteiger partial charge is 0.406 e. The molecule has 0 saturated heterocycles. The highest BCUT2D eigenvalue weighted by Crippen LogP contribution is 2.19. The summed E-state index contributed by atoms with van der Waals surface area (Å²) in [4.78, 5) is 11.9. The van der Waals surface area contributed by atoms with Gasteiger partial charge in [0.15, 0.2) is 0 Å². The first-order valence-electron chi connectivity index (χ1n) is 6.84. The number of rotatable bonds is 5. The van der Waals surface area contributed by atoms with E-state index in [0.717, 1.165) is 30.5 Å². The fourth-order valence-electron chi connectivity index (χ4n) is 2.28. The highest BCUT2D eigenvalue weighted by molar-refractivity contribution is 5.92.